The third-order valence-corrected chi connectivity index (χ3v) is 7.06. The fraction of sp³-hybridized carbons (Fsp3) is 1.00. The molecular weight excluding hydrogens is 179 g/mol. The molecule has 0 aliphatic rings. The fourth-order valence-corrected chi connectivity index (χ4v) is 2.11. The molecule has 0 spiro atoms. The molecular formula is C6H15SeSi. The summed E-state index contributed by atoms with van der Waals surface area (Å²) in [7, 11) is -0.338. The Hall–Kier alpha value is 0.736. The summed E-state index contributed by atoms with van der Waals surface area (Å²) < 4.78 is 0.931. The monoisotopic (exact) mass is 195 g/mol. The van der Waals surface area contributed by atoms with Crippen LogP contribution in [-0.2, 0) is 0 Å². The van der Waals surface area contributed by atoms with Gasteiger partial charge in [0.2, 0.25) is 0 Å². The van der Waals surface area contributed by atoms with Crippen molar-refractivity contribution >= 4 is 24.8 Å². The zero-order chi connectivity index (χ0) is 6.57. The molecule has 0 saturated carbocycles. The molecule has 0 amide bonds. The quantitative estimate of drug-likeness (QED) is 0.601. The Balaban J connectivity index is 3.17. The van der Waals surface area contributed by atoms with E-state index in [1.807, 2.05) is 0 Å². The molecule has 1 radical (unpaired) electrons. The van der Waals surface area contributed by atoms with Gasteiger partial charge in [0, 0.05) is 0 Å². The summed E-state index contributed by atoms with van der Waals surface area (Å²) in [6, 6.07) is 0. The molecule has 0 aliphatic heterocycles. The molecule has 0 aromatic rings. The zero-order valence-corrected chi connectivity index (χ0v) is 8.84. The van der Waals surface area contributed by atoms with Crippen LogP contribution in [0, 0.1) is 0 Å². The molecule has 8 heavy (non-hydrogen) atoms. The first-order valence-electron chi connectivity index (χ1n) is 3.34. The average Bonchev–Trinajstić information content (AvgIpc) is 1.67. The van der Waals surface area contributed by atoms with E-state index in [0.29, 0.717) is 0 Å². The van der Waals surface area contributed by atoms with E-state index in [1.54, 1.807) is 0 Å². The minimum absolute atomic E-state index is 0.338. The van der Waals surface area contributed by atoms with Gasteiger partial charge in [-0.1, -0.05) is 0 Å². The Morgan fingerprint density at radius 3 is 2.12 bits per heavy atom. The second kappa shape index (κ2) is 4.60. The SMILES string of the molecule is CCCC([Se])[SiH](C)C. The third kappa shape index (κ3) is 3.70. The zero-order valence-electron chi connectivity index (χ0n) is 5.98. The topological polar surface area (TPSA) is 0 Å². The molecule has 0 aromatic carbocycles. The summed E-state index contributed by atoms with van der Waals surface area (Å²) >= 11 is 3.24. The Kier molecular flexibility index (Phi) is 5.02. The third-order valence-electron chi connectivity index (χ3n) is 1.32. The molecule has 0 fully saturated rings. The summed E-state index contributed by atoms with van der Waals surface area (Å²) in [5.41, 5.74) is 0. The molecule has 0 saturated heterocycles. The van der Waals surface area contributed by atoms with E-state index in [9.17, 15) is 0 Å². The standard InChI is InChI=1S/C6H15SeSi/c1-4-5-6(7)8(2)3/h6,8H,4-5H2,1-3H3. The van der Waals surface area contributed by atoms with Crippen molar-refractivity contribution in [1.82, 2.24) is 0 Å². The van der Waals surface area contributed by atoms with Crippen LogP contribution in [0.15, 0.2) is 0 Å². The van der Waals surface area contributed by atoms with Crippen molar-refractivity contribution in [3.05, 3.63) is 0 Å². The van der Waals surface area contributed by atoms with Crippen molar-refractivity contribution in [1.29, 1.82) is 0 Å². The van der Waals surface area contributed by atoms with Crippen LogP contribution in [0.25, 0.3) is 0 Å². The van der Waals surface area contributed by atoms with E-state index in [2.05, 4.69) is 36.0 Å². The summed E-state index contributed by atoms with van der Waals surface area (Å²) in [6.45, 7) is 7.05. The van der Waals surface area contributed by atoms with Gasteiger partial charge in [-0.2, -0.15) is 0 Å². The Morgan fingerprint density at radius 2 is 2.00 bits per heavy atom. The Morgan fingerprint density at radius 1 is 1.50 bits per heavy atom. The van der Waals surface area contributed by atoms with Crippen molar-refractivity contribution in [2.75, 3.05) is 0 Å². The van der Waals surface area contributed by atoms with Gasteiger partial charge in [0.1, 0.15) is 0 Å². The van der Waals surface area contributed by atoms with Crippen molar-refractivity contribution in [3.8, 4) is 0 Å². The van der Waals surface area contributed by atoms with Gasteiger partial charge in [0.05, 0.1) is 0 Å². The van der Waals surface area contributed by atoms with Crippen LogP contribution in [0.5, 0.6) is 0 Å². The van der Waals surface area contributed by atoms with Gasteiger partial charge in [0.15, 0.2) is 0 Å². The van der Waals surface area contributed by atoms with Gasteiger partial charge in [0.25, 0.3) is 0 Å². The summed E-state index contributed by atoms with van der Waals surface area (Å²) in [4.78, 5) is 0. The molecule has 0 N–H and O–H groups in total. The van der Waals surface area contributed by atoms with E-state index in [4.69, 9.17) is 0 Å². The number of rotatable bonds is 3. The molecule has 1 atom stereocenters. The van der Waals surface area contributed by atoms with Crippen molar-refractivity contribution in [3.63, 3.8) is 0 Å². The van der Waals surface area contributed by atoms with Gasteiger partial charge < -0.3 is 0 Å². The van der Waals surface area contributed by atoms with Gasteiger partial charge in [-0.3, -0.25) is 0 Å². The van der Waals surface area contributed by atoms with Crippen molar-refractivity contribution in [2.45, 2.75) is 37.3 Å². The van der Waals surface area contributed by atoms with E-state index in [0.717, 1.165) is 4.44 Å². The number of hydrogen-bond acceptors (Lipinski definition) is 0. The van der Waals surface area contributed by atoms with Gasteiger partial charge >= 0.3 is 62.1 Å². The summed E-state index contributed by atoms with van der Waals surface area (Å²) in [5, 5.41) is 0. The van der Waals surface area contributed by atoms with Crippen LogP contribution < -0.4 is 0 Å². The molecule has 0 heterocycles. The van der Waals surface area contributed by atoms with E-state index in [-0.39, 0.29) is 8.80 Å². The average molecular weight is 194 g/mol. The van der Waals surface area contributed by atoms with Crippen molar-refractivity contribution in [2.24, 2.45) is 0 Å². The molecule has 1 unspecified atom stereocenters. The summed E-state index contributed by atoms with van der Waals surface area (Å²) in [5.74, 6) is 0. The van der Waals surface area contributed by atoms with Crippen LogP contribution in [0.3, 0.4) is 0 Å². The maximum absolute atomic E-state index is 3.24. The molecule has 49 valence electrons. The Labute approximate surface area is 62.5 Å². The molecule has 0 aliphatic carbocycles. The van der Waals surface area contributed by atoms with Crippen LogP contribution in [0.4, 0.5) is 0 Å². The van der Waals surface area contributed by atoms with Gasteiger partial charge in [-0.05, 0) is 0 Å². The molecule has 2 heteroatoms. The number of hydrogen-bond donors (Lipinski definition) is 0. The Bertz CT molecular complexity index is 54.5. The van der Waals surface area contributed by atoms with E-state index in [1.165, 1.54) is 12.8 Å². The minimum atomic E-state index is -0.338. The fourth-order valence-electron chi connectivity index (χ4n) is 0.618. The van der Waals surface area contributed by atoms with Gasteiger partial charge in [-0.25, -0.2) is 0 Å². The first-order valence-corrected chi connectivity index (χ1v) is 7.30. The van der Waals surface area contributed by atoms with E-state index < -0.39 is 0 Å². The van der Waals surface area contributed by atoms with Crippen LogP contribution >= 0.6 is 0 Å². The van der Waals surface area contributed by atoms with Gasteiger partial charge in [-0.15, -0.1) is 0 Å². The van der Waals surface area contributed by atoms with E-state index >= 15 is 0 Å². The first kappa shape index (κ1) is 8.74. The first-order chi connectivity index (χ1) is 3.68. The maximum atomic E-state index is 3.24. The second-order valence-electron chi connectivity index (χ2n) is 2.57. The van der Waals surface area contributed by atoms with Crippen molar-refractivity contribution < 1.29 is 0 Å². The second-order valence-corrected chi connectivity index (χ2v) is 8.22. The predicted octanol–water partition coefficient (Wildman–Crippen LogP) is 1.77. The van der Waals surface area contributed by atoms with Crippen LogP contribution in [-0.4, -0.2) is 24.8 Å². The normalized spacial score (nSPS) is 14.6. The molecule has 0 nitrogen and oxygen atoms in total. The molecule has 0 bridgehead atoms. The van der Waals surface area contributed by atoms with Crippen LogP contribution in [0.1, 0.15) is 19.8 Å². The van der Waals surface area contributed by atoms with Crippen LogP contribution in [0.2, 0.25) is 17.5 Å². The molecule has 0 aromatic heterocycles. The molecule has 0 rings (SSSR count). The predicted molar refractivity (Wildman–Crippen MR) is 43.3 cm³/mol. The summed E-state index contributed by atoms with van der Waals surface area (Å²) in [6.07, 6.45) is 2.73.